The smallest absolute Gasteiger partial charge is 0.410 e. The van der Waals surface area contributed by atoms with Gasteiger partial charge < -0.3 is 20.3 Å². The average molecular weight is 353 g/mol. The summed E-state index contributed by atoms with van der Waals surface area (Å²) in [5, 5.41) is 0.974. The lowest BCUT2D eigenvalue weighted by atomic mass is 10.2. The van der Waals surface area contributed by atoms with Crippen LogP contribution < -0.4 is 5.73 Å². The molecule has 2 heterocycles. The van der Waals surface area contributed by atoms with Crippen molar-refractivity contribution in [2.75, 3.05) is 26.2 Å². The number of piperazine rings is 1. The predicted octanol–water partition coefficient (Wildman–Crippen LogP) is 2.07. The highest BCUT2D eigenvalue weighted by Crippen LogP contribution is 2.15. The number of hydrogen-bond acceptors (Lipinski definition) is 5. The Bertz CT molecular complexity index is 586. The molecule has 1 aromatic rings. The van der Waals surface area contributed by atoms with Gasteiger partial charge in [0.1, 0.15) is 10.6 Å². The Labute approximate surface area is 147 Å². The van der Waals surface area contributed by atoms with E-state index >= 15 is 0 Å². The fourth-order valence-electron chi connectivity index (χ4n) is 2.28. The number of guanidine groups is 1. The minimum atomic E-state index is -0.472. The molecule has 0 aromatic carbocycles. The Morgan fingerprint density at radius 2 is 1.96 bits per heavy atom. The number of nitrogens with two attached hydrogens (primary N) is 1. The zero-order valence-corrected chi connectivity index (χ0v) is 15.7. The average Bonchev–Trinajstić information content (AvgIpc) is 2.99. The van der Waals surface area contributed by atoms with Gasteiger partial charge in [-0.05, 0) is 27.2 Å². The van der Waals surface area contributed by atoms with Crippen molar-refractivity contribution >= 4 is 23.4 Å². The van der Waals surface area contributed by atoms with Gasteiger partial charge in [0.05, 0.1) is 6.54 Å². The molecule has 1 amide bonds. The van der Waals surface area contributed by atoms with E-state index in [1.54, 1.807) is 16.2 Å². The Kier molecular flexibility index (Phi) is 6.04. The lowest BCUT2D eigenvalue weighted by molar-refractivity contribution is 0.0186. The number of aryl methyl sites for hydroxylation is 1. The third-order valence-electron chi connectivity index (χ3n) is 3.58. The molecule has 0 atom stereocenters. The van der Waals surface area contributed by atoms with Crippen LogP contribution in [-0.2, 0) is 17.7 Å². The summed E-state index contributed by atoms with van der Waals surface area (Å²) in [6, 6.07) is 0. The number of aliphatic imine (C=N–C) groups is 1. The molecule has 0 bridgehead atoms. The zero-order chi connectivity index (χ0) is 17.7. The van der Waals surface area contributed by atoms with Crippen LogP contribution in [0.5, 0.6) is 0 Å². The lowest BCUT2D eigenvalue weighted by Gasteiger charge is -2.36. The summed E-state index contributed by atoms with van der Waals surface area (Å²) in [4.78, 5) is 25.8. The number of carbonyl (C=O) groups excluding carboxylic acids is 1. The molecule has 1 aliphatic rings. The van der Waals surface area contributed by atoms with E-state index in [-0.39, 0.29) is 6.09 Å². The molecule has 1 aliphatic heterocycles. The third kappa shape index (κ3) is 5.36. The molecule has 0 radical (unpaired) electrons. The summed E-state index contributed by atoms with van der Waals surface area (Å²) >= 11 is 1.67. The van der Waals surface area contributed by atoms with Crippen LogP contribution in [0.4, 0.5) is 4.79 Å². The van der Waals surface area contributed by atoms with Crippen molar-refractivity contribution in [2.24, 2.45) is 10.7 Å². The molecule has 24 heavy (non-hydrogen) atoms. The van der Waals surface area contributed by atoms with Crippen LogP contribution in [0.3, 0.4) is 0 Å². The van der Waals surface area contributed by atoms with Gasteiger partial charge in [-0.1, -0.05) is 6.92 Å². The fourth-order valence-corrected chi connectivity index (χ4v) is 3.06. The van der Waals surface area contributed by atoms with Gasteiger partial charge in [-0.3, -0.25) is 0 Å². The monoisotopic (exact) mass is 353 g/mol. The SMILES string of the molecule is CCc1cnc(CN=C(N)N2CCN(C(=O)OC(C)(C)C)CC2)s1. The molecule has 0 spiro atoms. The minimum absolute atomic E-state index is 0.271. The maximum atomic E-state index is 12.0. The Balaban J connectivity index is 1.82. The van der Waals surface area contributed by atoms with E-state index in [0.29, 0.717) is 38.7 Å². The summed E-state index contributed by atoms with van der Waals surface area (Å²) < 4.78 is 5.39. The first kappa shape index (κ1) is 18.5. The van der Waals surface area contributed by atoms with Crippen molar-refractivity contribution in [2.45, 2.75) is 46.3 Å². The van der Waals surface area contributed by atoms with Crippen LogP contribution >= 0.6 is 11.3 Å². The number of rotatable bonds is 3. The van der Waals surface area contributed by atoms with Crippen LogP contribution in [0.1, 0.15) is 37.6 Å². The normalized spacial score (nSPS) is 16.4. The highest BCUT2D eigenvalue weighted by Gasteiger charge is 2.26. The van der Waals surface area contributed by atoms with Crippen molar-refractivity contribution in [3.63, 3.8) is 0 Å². The van der Waals surface area contributed by atoms with Crippen molar-refractivity contribution < 1.29 is 9.53 Å². The number of hydrogen-bond donors (Lipinski definition) is 1. The third-order valence-corrected chi connectivity index (χ3v) is 4.71. The van der Waals surface area contributed by atoms with E-state index in [1.807, 2.05) is 31.9 Å². The molecular formula is C16H27N5O2S. The number of ether oxygens (including phenoxy) is 1. The van der Waals surface area contributed by atoms with E-state index in [4.69, 9.17) is 10.5 Å². The highest BCUT2D eigenvalue weighted by atomic mass is 32.1. The van der Waals surface area contributed by atoms with Gasteiger partial charge in [-0.25, -0.2) is 14.8 Å². The van der Waals surface area contributed by atoms with Gasteiger partial charge in [0.15, 0.2) is 5.96 Å². The first-order valence-electron chi connectivity index (χ1n) is 8.25. The molecule has 1 fully saturated rings. The van der Waals surface area contributed by atoms with E-state index in [0.717, 1.165) is 11.4 Å². The van der Waals surface area contributed by atoms with Gasteiger partial charge >= 0.3 is 6.09 Å². The maximum absolute atomic E-state index is 12.0. The quantitative estimate of drug-likeness (QED) is 0.664. The van der Waals surface area contributed by atoms with Gasteiger partial charge in [-0.2, -0.15) is 0 Å². The molecule has 1 saturated heterocycles. The molecule has 0 aliphatic carbocycles. The number of nitrogens with zero attached hydrogens (tertiary/aromatic N) is 4. The van der Waals surface area contributed by atoms with Crippen LogP contribution in [0, 0.1) is 0 Å². The van der Waals surface area contributed by atoms with E-state index < -0.39 is 5.60 Å². The molecule has 0 unspecified atom stereocenters. The van der Waals surface area contributed by atoms with Crippen LogP contribution in [0.2, 0.25) is 0 Å². The minimum Gasteiger partial charge on any atom is -0.444 e. The summed E-state index contributed by atoms with van der Waals surface area (Å²) in [5.74, 6) is 0.507. The Morgan fingerprint density at radius 1 is 1.33 bits per heavy atom. The highest BCUT2D eigenvalue weighted by molar-refractivity contribution is 7.11. The van der Waals surface area contributed by atoms with Gasteiger partial charge in [0, 0.05) is 37.3 Å². The number of amides is 1. The molecule has 2 rings (SSSR count). The topological polar surface area (TPSA) is 84.0 Å². The molecule has 134 valence electrons. The molecule has 8 heteroatoms. The van der Waals surface area contributed by atoms with Crippen LogP contribution in [0.15, 0.2) is 11.2 Å². The van der Waals surface area contributed by atoms with Gasteiger partial charge in [-0.15, -0.1) is 11.3 Å². The van der Waals surface area contributed by atoms with E-state index in [2.05, 4.69) is 16.9 Å². The van der Waals surface area contributed by atoms with Crippen molar-refractivity contribution in [1.82, 2.24) is 14.8 Å². The van der Waals surface area contributed by atoms with Gasteiger partial charge in [0.25, 0.3) is 0 Å². The number of carbonyl (C=O) groups is 1. The van der Waals surface area contributed by atoms with E-state index in [9.17, 15) is 4.79 Å². The summed E-state index contributed by atoms with van der Waals surface area (Å²) in [6.07, 6.45) is 2.61. The summed E-state index contributed by atoms with van der Waals surface area (Å²) in [6.45, 7) is 10.7. The first-order valence-corrected chi connectivity index (χ1v) is 9.06. The second-order valence-corrected chi connectivity index (χ2v) is 7.90. The van der Waals surface area contributed by atoms with Crippen molar-refractivity contribution in [3.05, 3.63) is 16.1 Å². The second kappa shape index (κ2) is 7.83. The molecule has 2 N–H and O–H groups in total. The maximum Gasteiger partial charge on any atom is 0.410 e. The molecule has 1 aromatic heterocycles. The molecule has 0 saturated carbocycles. The van der Waals surface area contributed by atoms with Crippen LogP contribution in [0.25, 0.3) is 0 Å². The van der Waals surface area contributed by atoms with Crippen molar-refractivity contribution in [1.29, 1.82) is 0 Å². The summed E-state index contributed by atoms with van der Waals surface area (Å²) in [7, 11) is 0. The number of aromatic nitrogens is 1. The number of thiazole rings is 1. The Morgan fingerprint density at radius 3 is 2.50 bits per heavy atom. The van der Waals surface area contributed by atoms with Crippen LogP contribution in [-0.4, -0.2) is 58.6 Å². The second-order valence-electron chi connectivity index (χ2n) is 6.70. The standard InChI is InChI=1S/C16H27N5O2S/c1-5-12-10-18-13(24-12)11-19-14(17)20-6-8-21(9-7-20)15(22)23-16(2,3)4/h10H,5-9,11H2,1-4H3,(H2,17,19). The molecular weight excluding hydrogens is 326 g/mol. The predicted molar refractivity (Wildman–Crippen MR) is 96.2 cm³/mol. The zero-order valence-electron chi connectivity index (χ0n) is 14.9. The first-order chi connectivity index (χ1) is 11.3. The van der Waals surface area contributed by atoms with E-state index in [1.165, 1.54) is 4.88 Å². The van der Waals surface area contributed by atoms with Gasteiger partial charge in [0.2, 0.25) is 0 Å². The largest absolute Gasteiger partial charge is 0.444 e. The molecule has 7 nitrogen and oxygen atoms in total. The fraction of sp³-hybridized carbons (Fsp3) is 0.688. The summed E-state index contributed by atoms with van der Waals surface area (Å²) in [5.41, 5.74) is 5.60. The van der Waals surface area contributed by atoms with Crippen molar-refractivity contribution in [3.8, 4) is 0 Å². The Hall–Kier alpha value is -1.83. The lowest BCUT2D eigenvalue weighted by Crippen LogP contribution is -2.53.